The molecule has 3 N–H and O–H groups in total. The molecule has 18 heavy (non-hydrogen) atoms. The Morgan fingerprint density at radius 3 is 2.61 bits per heavy atom. The summed E-state index contributed by atoms with van der Waals surface area (Å²) in [5, 5.41) is 2.55. The molecule has 0 saturated heterocycles. The predicted octanol–water partition coefficient (Wildman–Crippen LogP) is 1.25. The number of anilines is 1. The summed E-state index contributed by atoms with van der Waals surface area (Å²) in [6, 6.07) is 5.26. The minimum absolute atomic E-state index is 0.0922. The van der Waals surface area contributed by atoms with E-state index in [4.69, 9.17) is 5.73 Å². The van der Waals surface area contributed by atoms with Gasteiger partial charge in [0.05, 0.1) is 0 Å². The Kier molecular flexibility index (Phi) is 5.94. The van der Waals surface area contributed by atoms with Gasteiger partial charge < -0.3 is 11.1 Å². The van der Waals surface area contributed by atoms with Crippen LogP contribution < -0.4 is 11.1 Å². The normalized spacial score (nSPS) is 13.9. The van der Waals surface area contributed by atoms with Gasteiger partial charge in [-0.05, 0) is 30.7 Å². The number of halogens is 1. The van der Waals surface area contributed by atoms with Crippen LogP contribution in [0, 0.1) is 5.82 Å². The van der Waals surface area contributed by atoms with E-state index < -0.39 is 10.8 Å². The third-order valence-corrected chi connectivity index (χ3v) is 3.73. The zero-order valence-corrected chi connectivity index (χ0v) is 11.0. The topological polar surface area (TPSA) is 72.2 Å². The molecule has 0 aliphatic carbocycles. The van der Waals surface area contributed by atoms with Crippen molar-refractivity contribution in [3.05, 3.63) is 30.1 Å². The van der Waals surface area contributed by atoms with E-state index in [0.29, 0.717) is 11.4 Å². The molecular formula is C12H17FN2O2S. The van der Waals surface area contributed by atoms with Crippen LogP contribution in [0.2, 0.25) is 0 Å². The second-order valence-corrected chi connectivity index (χ2v) is 5.48. The first kappa shape index (κ1) is 14.8. The fourth-order valence-corrected chi connectivity index (χ4v) is 2.49. The lowest BCUT2D eigenvalue weighted by molar-refractivity contribution is -0.113. The Balaban J connectivity index is 2.42. The fourth-order valence-electron chi connectivity index (χ4n) is 1.29. The lowest BCUT2D eigenvalue weighted by atomic mass is 10.3. The first-order valence-corrected chi connectivity index (χ1v) is 7.16. The monoisotopic (exact) mass is 272 g/mol. The molecule has 0 bridgehead atoms. The van der Waals surface area contributed by atoms with Crippen molar-refractivity contribution in [2.75, 3.05) is 16.8 Å². The summed E-state index contributed by atoms with van der Waals surface area (Å²) in [4.78, 5) is 11.5. The molecule has 1 rings (SSSR count). The average Bonchev–Trinajstić information content (AvgIpc) is 2.31. The van der Waals surface area contributed by atoms with Crippen LogP contribution in [0.5, 0.6) is 0 Å². The van der Waals surface area contributed by atoms with Crippen molar-refractivity contribution in [3.63, 3.8) is 0 Å². The number of carbonyl (C=O) groups excluding carboxylic acids is 1. The second-order valence-electron chi connectivity index (χ2n) is 3.97. The summed E-state index contributed by atoms with van der Waals surface area (Å²) in [6.45, 7) is 1.90. The van der Waals surface area contributed by atoms with Crippen molar-refractivity contribution in [2.24, 2.45) is 5.73 Å². The van der Waals surface area contributed by atoms with Crippen LogP contribution in [0.4, 0.5) is 10.1 Å². The van der Waals surface area contributed by atoms with Crippen molar-refractivity contribution < 1.29 is 13.4 Å². The third-order valence-electron chi connectivity index (χ3n) is 2.34. The molecule has 2 unspecified atom stereocenters. The molecule has 1 aromatic carbocycles. The highest BCUT2D eigenvalue weighted by Gasteiger charge is 2.11. The van der Waals surface area contributed by atoms with E-state index in [0.717, 1.165) is 6.42 Å². The highest BCUT2D eigenvalue weighted by Crippen LogP contribution is 2.08. The summed E-state index contributed by atoms with van der Waals surface area (Å²) in [5.41, 5.74) is 6.14. The Morgan fingerprint density at radius 1 is 1.44 bits per heavy atom. The first-order valence-electron chi connectivity index (χ1n) is 5.67. The van der Waals surface area contributed by atoms with Gasteiger partial charge in [-0.25, -0.2) is 4.39 Å². The molecule has 1 amide bonds. The van der Waals surface area contributed by atoms with E-state index in [1.807, 2.05) is 6.92 Å². The minimum atomic E-state index is -1.27. The Bertz CT molecular complexity index is 423. The summed E-state index contributed by atoms with van der Waals surface area (Å²) < 4.78 is 24.2. The number of nitrogens with two attached hydrogens (primary N) is 1. The maximum atomic E-state index is 12.6. The molecule has 4 nitrogen and oxygen atoms in total. The van der Waals surface area contributed by atoms with Gasteiger partial charge in [-0.1, -0.05) is 6.92 Å². The molecular weight excluding hydrogens is 255 g/mol. The molecule has 0 aliphatic rings. The van der Waals surface area contributed by atoms with E-state index in [9.17, 15) is 13.4 Å². The molecule has 0 aliphatic heterocycles. The Labute approximate surface area is 108 Å². The molecule has 0 heterocycles. The summed E-state index contributed by atoms with van der Waals surface area (Å²) in [6.07, 6.45) is 0.728. The summed E-state index contributed by atoms with van der Waals surface area (Å²) >= 11 is 0. The van der Waals surface area contributed by atoms with E-state index in [-0.39, 0.29) is 23.5 Å². The van der Waals surface area contributed by atoms with E-state index >= 15 is 0 Å². The molecule has 0 saturated carbocycles. The lowest BCUT2D eigenvalue weighted by Crippen LogP contribution is -2.30. The number of carbonyl (C=O) groups is 1. The molecule has 1 aromatic rings. The van der Waals surface area contributed by atoms with Crippen molar-refractivity contribution >= 4 is 22.4 Å². The lowest BCUT2D eigenvalue weighted by Gasteiger charge is -2.08. The highest BCUT2D eigenvalue weighted by molar-refractivity contribution is 7.85. The summed E-state index contributed by atoms with van der Waals surface area (Å²) in [7, 11) is -1.27. The highest BCUT2D eigenvalue weighted by atomic mass is 32.2. The second kappa shape index (κ2) is 7.23. The van der Waals surface area contributed by atoms with Gasteiger partial charge in [0, 0.05) is 28.3 Å². The van der Waals surface area contributed by atoms with Gasteiger partial charge in [0.15, 0.2) is 0 Å². The van der Waals surface area contributed by atoms with Crippen molar-refractivity contribution in [2.45, 2.75) is 19.4 Å². The van der Waals surface area contributed by atoms with Crippen molar-refractivity contribution in [3.8, 4) is 0 Å². The zero-order chi connectivity index (χ0) is 13.5. The SMILES string of the molecule is CCC(N)CS(=O)CC(=O)Nc1ccc(F)cc1. The maximum Gasteiger partial charge on any atom is 0.236 e. The Hall–Kier alpha value is -1.27. The number of hydrogen-bond acceptors (Lipinski definition) is 3. The van der Waals surface area contributed by atoms with E-state index in [1.165, 1.54) is 24.3 Å². The summed E-state index contributed by atoms with van der Waals surface area (Å²) in [5.74, 6) is -0.507. The van der Waals surface area contributed by atoms with Crippen LogP contribution >= 0.6 is 0 Å². The van der Waals surface area contributed by atoms with E-state index in [1.54, 1.807) is 0 Å². The van der Waals surface area contributed by atoms with Crippen molar-refractivity contribution in [1.29, 1.82) is 0 Å². The van der Waals surface area contributed by atoms with Gasteiger partial charge in [-0.2, -0.15) is 0 Å². The van der Waals surface area contributed by atoms with Crippen LogP contribution in [-0.2, 0) is 15.6 Å². The smallest absolute Gasteiger partial charge is 0.236 e. The number of hydrogen-bond donors (Lipinski definition) is 2. The van der Waals surface area contributed by atoms with Gasteiger partial charge >= 0.3 is 0 Å². The van der Waals surface area contributed by atoms with Gasteiger partial charge in [0.2, 0.25) is 5.91 Å². The zero-order valence-electron chi connectivity index (χ0n) is 10.2. The quantitative estimate of drug-likeness (QED) is 0.818. The number of rotatable bonds is 6. The Morgan fingerprint density at radius 2 is 2.06 bits per heavy atom. The fraction of sp³-hybridized carbons (Fsp3) is 0.417. The number of benzene rings is 1. The molecule has 0 aromatic heterocycles. The molecule has 0 fully saturated rings. The third kappa shape index (κ3) is 5.37. The largest absolute Gasteiger partial charge is 0.327 e. The van der Waals surface area contributed by atoms with Crippen LogP contribution in [0.1, 0.15) is 13.3 Å². The minimum Gasteiger partial charge on any atom is -0.327 e. The average molecular weight is 272 g/mol. The number of amides is 1. The van der Waals surface area contributed by atoms with Crippen LogP contribution in [0.3, 0.4) is 0 Å². The first-order chi connectivity index (χ1) is 8.51. The van der Waals surface area contributed by atoms with Gasteiger partial charge in [-0.15, -0.1) is 0 Å². The molecule has 0 radical (unpaired) electrons. The van der Waals surface area contributed by atoms with Gasteiger partial charge in [0.25, 0.3) is 0 Å². The molecule has 0 spiro atoms. The van der Waals surface area contributed by atoms with Crippen LogP contribution in [0.25, 0.3) is 0 Å². The van der Waals surface area contributed by atoms with Gasteiger partial charge in [0.1, 0.15) is 11.6 Å². The molecule has 100 valence electrons. The predicted molar refractivity (Wildman–Crippen MR) is 71.2 cm³/mol. The maximum absolute atomic E-state index is 12.6. The van der Waals surface area contributed by atoms with E-state index in [2.05, 4.69) is 5.32 Å². The number of nitrogens with one attached hydrogen (secondary N) is 1. The van der Waals surface area contributed by atoms with Gasteiger partial charge in [-0.3, -0.25) is 9.00 Å². The van der Waals surface area contributed by atoms with Crippen LogP contribution in [-0.4, -0.2) is 27.7 Å². The van der Waals surface area contributed by atoms with Crippen molar-refractivity contribution in [1.82, 2.24) is 0 Å². The molecule has 2 atom stereocenters. The van der Waals surface area contributed by atoms with Crippen LogP contribution in [0.15, 0.2) is 24.3 Å². The standard InChI is InChI=1S/C12H17FN2O2S/c1-2-10(14)7-18(17)8-12(16)15-11-5-3-9(13)4-6-11/h3-6,10H,2,7-8,14H2,1H3,(H,15,16). The molecule has 6 heteroatoms.